The molecule has 0 atom stereocenters. The second kappa shape index (κ2) is 4.66. The summed E-state index contributed by atoms with van der Waals surface area (Å²) < 4.78 is 2.00. The minimum Gasteiger partial charge on any atom is -0.398 e. The van der Waals surface area contributed by atoms with E-state index >= 15 is 0 Å². The van der Waals surface area contributed by atoms with Gasteiger partial charge in [0.15, 0.2) is 0 Å². The van der Waals surface area contributed by atoms with Gasteiger partial charge in [-0.2, -0.15) is 0 Å². The Labute approximate surface area is 95.3 Å². The smallest absolute Gasteiger partial charge is 0.274 e. The summed E-state index contributed by atoms with van der Waals surface area (Å²) >= 11 is 0. The summed E-state index contributed by atoms with van der Waals surface area (Å²) in [5.41, 5.74) is 13.5. The largest absolute Gasteiger partial charge is 0.398 e. The highest BCUT2D eigenvalue weighted by Crippen LogP contribution is 2.04. The molecule has 0 radical (unpaired) electrons. The average Bonchev–Trinajstić information content (AvgIpc) is 2.29. The molecule has 16 heavy (non-hydrogen) atoms. The average molecular weight is 214 g/mol. The predicted octanol–water partition coefficient (Wildman–Crippen LogP) is 1.38. The zero-order valence-electron chi connectivity index (χ0n) is 9.13. The van der Waals surface area contributed by atoms with Gasteiger partial charge in [0, 0.05) is 18.2 Å². The third-order valence-corrected chi connectivity index (χ3v) is 2.58. The van der Waals surface area contributed by atoms with Gasteiger partial charge in [-0.05, 0) is 5.56 Å². The molecular weight excluding hydrogens is 198 g/mol. The van der Waals surface area contributed by atoms with Crippen LogP contribution in [0.4, 0.5) is 11.5 Å². The summed E-state index contributed by atoms with van der Waals surface area (Å²) in [6.07, 6.45) is 2.90. The fraction of sp³-hybridized carbons (Fsp3) is 0.154. The summed E-state index contributed by atoms with van der Waals surface area (Å²) in [5.74, 6) is 0.705. The Morgan fingerprint density at radius 2 is 1.75 bits per heavy atom. The van der Waals surface area contributed by atoms with E-state index in [-0.39, 0.29) is 0 Å². The Kier molecular flexibility index (Phi) is 3.05. The van der Waals surface area contributed by atoms with Crippen LogP contribution in [-0.4, -0.2) is 0 Å². The Balaban J connectivity index is 2.05. The Morgan fingerprint density at radius 1 is 1.00 bits per heavy atom. The molecule has 0 unspecified atom stereocenters. The van der Waals surface area contributed by atoms with Crippen LogP contribution < -0.4 is 16.0 Å². The van der Waals surface area contributed by atoms with E-state index in [1.54, 1.807) is 6.07 Å². The molecule has 0 spiro atoms. The number of nitrogen functional groups attached to an aromatic ring is 2. The molecule has 1 heterocycles. The Hall–Kier alpha value is -2.03. The summed E-state index contributed by atoms with van der Waals surface area (Å²) in [6.45, 7) is 0.871. The van der Waals surface area contributed by atoms with Crippen molar-refractivity contribution in [1.29, 1.82) is 0 Å². The number of hydrogen-bond acceptors (Lipinski definition) is 2. The molecule has 0 saturated carbocycles. The molecule has 4 N–H and O–H groups in total. The highest BCUT2D eigenvalue weighted by Gasteiger charge is 2.04. The van der Waals surface area contributed by atoms with Crippen LogP contribution in [0.3, 0.4) is 0 Å². The lowest BCUT2D eigenvalue weighted by Gasteiger charge is -2.04. The highest BCUT2D eigenvalue weighted by molar-refractivity contribution is 5.42. The lowest BCUT2D eigenvalue weighted by Crippen LogP contribution is -2.37. The first-order chi connectivity index (χ1) is 7.75. The molecule has 3 heteroatoms. The SMILES string of the molecule is Nc1cc[n+](CCc2ccccc2)c(N)c1. The molecule has 2 rings (SSSR count). The molecule has 0 amide bonds. The van der Waals surface area contributed by atoms with Crippen molar-refractivity contribution in [3.05, 3.63) is 54.2 Å². The molecule has 0 bridgehead atoms. The van der Waals surface area contributed by atoms with Gasteiger partial charge in [-0.3, -0.25) is 5.73 Å². The third kappa shape index (κ3) is 2.51. The molecular formula is C13H16N3+. The molecule has 3 nitrogen and oxygen atoms in total. The van der Waals surface area contributed by atoms with Crippen LogP contribution in [0.5, 0.6) is 0 Å². The van der Waals surface area contributed by atoms with Gasteiger partial charge in [-0.1, -0.05) is 30.3 Å². The van der Waals surface area contributed by atoms with Crippen molar-refractivity contribution in [1.82, 2.24) is 0 Å². The highest BCUT2D eigenvalue weighted by atomic mass is 15.0. The maximum atomic E-state index is 5.87. The van der Waals surface area contributed by atoms with Gasteiger partial charge in [-0.25, -0.2) is 4.57 Å². The van der Waals surface area contributed by atoms with Crippen LogP contribution in [0.25, 0.3) is 0 Å². The van der Waals surface area contributed by atoms with Crippen molar-refractivity contribution in [3.8, 4) is 0 Å². The number of aromatic nitrogens is 1. The van der Waals surface area contributed by atoms with Gasteiger partial charge < -0.3 is 5.73 Å². The number of pyridine rings is 1. The molecule has 82 valence electrons. The van der Waals surface area contributed by atoms with Crippen LogP contribution in [0.15, 0.2) is 48.7 Å². The number of nitrogens with zero attached hydrogens (tertiary/aromatic N) is 1. The topological polar surface area (TPSA) is 55.9 Å². The zero-order valence-corrected chi connectivity index (χ0v) is 9.13. The zero-order chi connectivity index (χ0) is 11.4. The fourth-order valence-electron chi connectivity index (χ4n) is 1.66. The monoisotopic (exact) mass is 214 g/mol. The van der Waals surface area contributed by atoms with Gasteiger partial charge in [-0.15, -0.1) is 0 Å². The van der Waals surface area contributed by atoms with Crippen molar-refractivity contribution in [2.45, 2.75) is 13.0 Å². The standard InChI is InChI=1S/C13H15N3/c14-12-7-9-16(13(15)10-12)8-6-11-4-2-1-3-5-11/h1-5,7,9-10H,6,8H2,(H3,14,15)/p+1. The number of hydrogen-bond donors (Lipinski definition) is 2. The van der Waals surface area contributed by atoms with Crippen molar-refractivity contribution in [3.63, 3.8) is 0 Å². The van der Waals surface area contributed by atoms with Crippen molar-refractivity contribution >= 4 is 11.5 Å². The van der Waals surface area contributed by atoms with Crippen LogP contribution in [0, 0.1) is 0 Å². The Morgan fingerprint density at radius 3 is 2.44 bits per heavy atom. The molecule has 2 aromatic rings. The molecule has 1 aromatic heterocycles. The second-order valence-electron chi connectivity index (χ2n) is 3.81. The van der Waals surface area contributed by atoms with Gasteiger partial charge in [0.1, 0.15) is 0 Å². The molecule has 0 aliphatic carbocycles. The minimum absolute atomic E-state index is 0.702. The Bertz CT molecular complexity index is 466. The van der Waals surface area contributed by atoms with E-state index in [1.165, 1.54) is 5.56 Å². The van der Waals surface area contributed by atoms with Gasteiger partial charge >= 0.3 is 0 Å². The number of aryl methyl sites for hydroxylation is 2. The first-order valence-electron chi connectivity index (χ1n) is 5.34. The summed E-state index contributed by atoms with van der Waals surface area (Å²) in [6, 6.07) is 14.0. The maximum absolute atomic E-state index is 5.87. The van der Waals surface area contributed by atoms with Gasteiger partial charge in [0.05, 0.1) is 18.8 Å². The van der Waals surface area contributed by atoms with Crippen LogP contribution in [0.1, 0.15) is 5.56 Å². The lowest BCUT2D eigenvalue weighted by atomic mass is 10.1. The van der Waals surface area contributed by atoms with Crippen LogP contribution in [0.2, 0.25) is 0 Å². The summed E-state index contributed by atoms with van der Waals surface area (Å²) in [5, 5.41) is 0. The second-order valence-corrected chi connectivity index (χ2v) is 3.81. The normalized spacial score (nSPS) is 10.2. The molecule has 1 aromatic carbocycles. The molecule has 0 saturated heterocycles. The van der Waals surface area contributed by atoms with E-state index < -0.39 is 0 Å². The summed E-state index contributed by atoms with van der Waals surface area (Å²) in [4.78, 5) is 0. The van der Waals surface area contributed by atoms with E-state index in [4.69, 9.17) is 11.5 Å². The van der Waals surface area contributed by atoms with Crippen LogP contribution >= 0.6 is 0 Å². The predicted molar refractivity (Wildman–Crippen MR) is 65.6 cm³/mol. The van der Waals surface area contributed by atoms with Crippen molar-refractivity contribution in [2.24, 2.45) is 0 Å². The summed E-state index contributed by atoms with van der Waals surface area (Å²) in [7, 11) is 0. The van der Waals surface area contributed by atoms with Crippen molar-refractivity contribution < 1.29 is 4.57 Å². The first-order valence-corrected chi connectivity index (χ1v) is 5.34. The fourth-order valence-corrected chi connectivity index (χ4v) is 1.66. The van der Waals surface area contributed by atoms with Gasteiger partial charge in [0.2, 0.25) is 0 Å². The van der Waals surface area contributed by atoms with E-state index in [0.29, 0.717) is 11.5 Å². The number of anilines is 2. The molecule has 0 aliphatic rings. The number of rotatable bonds is 3. The van der Waals surface area contributed by atoms with Crippen molar-refractivity contribution in [2.75, 3.05) is 11.5 Å². The quantitative estimate of drug-likeness (QED) is 0.758. The minimum atomic E-state index is 0.702. The molecule has 0 aliphatic heterocycles. The van der Waals surface area contributed by atoms with Gasteiger partial charge in [0.25, 0.3) is 5.82 Å². The lowest BCUT2D eigenvalue weighted by molar-refractivity contribution is -0.682. The maximum Gasteiger partial charge on any atom is 0.274 e. The van der Waals surface area contributed by atoms with Crippen LogP contribution in [-0.2, 0) is 13.0 Å². The molecule has 0 fully saturated rings. The van der Waals surface area contributed by atoms with E-state index in [1.807, 2.05) is 35.0 Å². The van der Waals surface area contributed by atoms with E-state index in [2.05, 4.69) is 12.1 Å². The third-order valence-electron chi connectivity index (χ3n) is 2.58. The van der Waals surface area contributed by atoms with E-state index in [9.17, 15) is 0 Å². The first kappa shape index (κ1) is 10.5. The number of nitrogens with two attached hydrogens (primary N) is 2. The van der Waals surface area contributed by atoms with E-state index in [0.717, 1.165) is 13.0 Å². The number of benzene rings is 1.